The summed E-state index contributed by atoms with van der Waals surface area (Å²) in [6, 6.07) is 12.0. The van der Waals surface area contributed by atoms with Crippen LogP contribution < -0.4 is 15.4 Å². The summed E-state index contributed by atoms with van der Waals surface area (Å²) in [7, 11) is 1.57. The van der Waals surface area contributed by atoms with Crippen molar-refractivity contribution in [3.63, 3.8) is 0 Å². The van der Waals surface area contributed by atoms with Crippen LogP contribution in [0.3, 0.4) is 0 Å². The summed E-state index contributed by atoms with van der Waals surface area (Å²) in [6.07, 6.45) is 0. The molecule has 6 nitrogen and oxygen atoms in total. The minimum atomic E-state index is -0.236. The second-order valence-corrected chi connectivity index (χ2v) is 7.02. The van der Waals surface area contributed by atoms with Crippen LogP contribution in [0, 0.1) is 0 Å². The Bertz CT molecular complexity index is 805. The first kappa shape index (κ1) is 21.9. The number of rotatable bonds is 9. The van der Waals surface area contributed by atoms with Crippen molar-refractivity contribution in [3.8, 4) is 5.75 Å². The standard InChI is InChI=1S/C21H26BrN3O3/c1-4-25(5-2)13-12-23-20(26)15-6-9-17(10-7-15)24-21(27)16-8-11-19(28-3)18(22)14-16/h6-11,14H,4-5,12-13H2,1-3H3,(H,23,26)(H,24,27). The molecular formula is C21H26BrN3O3. The smallest absolute Gasteiger partial charge is 0.255 e. The van der Waals surface area contributed by atoms with Crippen LogP contribution in [0.15, 0.2) is 46.9 Å². The number of amides is 2. The summed E-state index contributed by atoms with van der Waals surface area (Å²) >= 11 is 3.37. The van der Waals surface area contributed by atoms with Crippen LogP contribution in [0.25, 0.3) is 0 Å². The van der Waals surface area contributed by atoms with Crippen molar-refractivity contribution >= 4 is 33.4 Å². The van der Waals surface area contributed by atoms with Crippen LogP contribution in [0.4, 0.5) is 5.69 Å². The Balaban J connectivity index is 1.92. The highest BCUT2D eigenvalue weighted by molar-refractivity contribution is 9.10. The molecule has 0 aliphatic carbocycles. The number of anilines is 1. The molecule has 0 spiro atoms. The molecule has 0 fully saturated rings. The number of nitrogens with one attached hydrogen (secondary N) is 2. The van der Waals surface area contributed by atoms with Gasteiger partial charge in [-0.1, -0.05) is 13.8 Å². The number of methoxy groups -OCH3 is 1. The van der Waals surface area contributed by atoms with Crippen molar-refractivity contribution in [2.45, 2.75) is 13.8 Å². The van der Waals surface area contributed by atoms with Crippen molar-refractivity contribution in [3.05, 3.63) is 58.1 Å². The molecule has 0 saturated heterocycles. The first-order valence-electron chi connectivity index (χ1n) is 9.24. The lowest BCUT2D eigenvalue weighted by Gasteiger charge is -2.18. The van der Waals surface area contributed by atoms with Crippen molar-refractivity contribution in [1.29, 1.82) is 0 Å². The third kappa shape index (κ3) is 6.07. The highest BCUT2D eigenvalue weighted by atomic mass is 79.9. The van der Waals surface area contributed by atoms with Gasteiger partial charge >= 0.3 is 0 Å². The van der Waals surface area contributed by atoms with Gasteiger partial charge in [0.25, 0.3) is 11.8 Å². The highest BCUT2D eigenvalue weighted by Gasteiger charge is 2.10. The van der Waals surface area contributed by atoms with Gasteiger partial charge in [0.05, 0.1) is 11.6 Å². The fourth-order valence-electron chi connectivity index (χ4n) is 2.69. The molecule has 0 saturated carbocycles. The number of ether oxygens (including phenoxy) is 1. The predicted molar refractivity (Wildman–Crippen MR) is 115 cm³/mol. The van der Waals surface area contributed by atoms with Gasteiger partial charge in [0.15, 0.2) is 0 Å². The Morgan fingerprint density at radius 3 is 2.21 bits per heavy atom. The maximum atomic E-state index is 12.4. The summed E-state index contributed by atoms with van der Waals surface area (Å²) in [5, 5.41) is 5.74. The molecule has 2 rings (SSSR count). The Hall–Kier alpha value is -2.38. The monoisotopic (exact) mass is 447 g/mol. The number of carbonyl (C=O) groups excluding carboxylic acids is 2. The van der Waals surface area contributed by atoms with E-state index in [1.807, 2.05) is 0 Å². The molecule has 0 heterocycles. The minimum absolute atomic E-state index is 0.121. The van der Waals surface area contributed by atoms with Crippen molar-refractivity contribution in [1.82, 2.24) is 10.2 Å². The van der Waals surface area contributed by atoms with Gasteiger partial charge in [-0.05, 0) is 71.5 Å². The maximum absolute atomic E-state index is 12.4. The fraction of sp³-hybridized carbons (Fsp3) is 0.333. The molecule has 7 heteroatoms. The molecule has 0 atom stereocenters. The zero-order chi connectivity index (χ0) is 20.5. The minimum Gasteiger partial charge on any atom is -0.496 e. The first-order chi connectivity index (χ1) is 13.5. The molecule has 2 aromatic rings. The zero-order valence-electron chi connectivity index (χ0n) is 16.4. The summed E-state index contributed by atoms with van der Waals surface area (Å²) in [5.74, 6) is 0.303. The summed E-state index contributed by atoms with van der Waals surface area (Å²) < 4.78 is 5.88. The van der Waals surface area contributed by atoms with Gasteiger partial charge in [0.2, 0.25) is 0 Å². The van der Waals surface area contributed by atoms with Crippen molar-refractivity contribution in [2.75, 3.05) is 38.6 Å². The van der Waals surface area contributed by atoms with E-state index in [1.165, 1.54) is 0 Å². The van der Waals surface area contributed by atoms with E-state index in [9.17, 15) is 9.59 Å². The molecule has 2 N–H and O–H groups in total. The second-order valence-electron chi connectivity index (χ2n) is 6.16. The van der Waals surface area contributed by atoms with E-state index in [1.54, 1.807) is 49.6 Å². The third-order valence-corrected chi connectivity index (χ3v) is 5.05. The van der Waals surface area contributed by atoms with Crippen LogP contribution in [-0.2, 0) is 0 Å². The molecular weight excluding hydrogens is 422 g/mol. The summed E-state index contributed by atoms with van der Waals surface area (Å²) in [6.45, 7) is 7.55. The van der Waals surface area contributed by atoms with Gasteiger partial charge in [-0.25, -0.2) is 0 Å². The van der Waals surface area contributed by atoms with Gasteiger partial charge in [-0.2, -0.15) is 0 Å². The van der Waals surface area contributed by atoms with E-state index in [0.717, 1.165) is 19.6 Å². The molecule has 28 heavy (non-hydrogen) atoms. The van der Waals surface area contributed by atoms with Crippen LogP contribution in [0.1, 0.15) is 34.6 Å². The van der Waals surface area contributed by atoms with Gasteiger partial charge in [0.1, 0.15) is 5.75 Å². The van der Waals surface area contributed by atoms with E-state index in [4.69, 9.17) is 4.74 Å². The molecule has 150 valence electrons. The molecule has 0 aliphatic heterocycles. The van der Waals surface area contributed by atoms with Crippen LogP contribution in [0.5, 0.6) is 5.75 Å². The Labute approximate surface area is 174 Å². The van der Waals surface area contributed by atoms with Crippen LogP contribution >= 0.6 is 15.9 Å². The number of benzene rings is 2. The third-order valence-electron chi connectivity index (χ3n) is 4.43. The number of hydrogen-bond acceptors (Lipinski definition) is 4. The van der Waals surface area contributed by atoms with Crippen LogP contribution in [0.2, 0.25) is 0 Å². The molecule has 0 unspecified atom stereocenters. The highest BCUT2D eigenvalue weighted by Crippen LogP contribution is 2.26. The first-order valence-corrected chi connectivity index (χ1v) is 10.0. The SMILES string of the molecule is CCN(CC)CCNC(=O)c1ccc(NC(=O)c2ccc(OC)c(Br)c2)cc1. The van der Waals surface area contributed by atoms with E-state index in [-0.39, 0.29) is 11.8 Å². The Kier molecular flexibility index (Phi) is 8.47. The zero-order valence-corrected chi connectivity index (χ0v) is 18.0. The van der Waals surface area contributed by atoms with Crippen LogP contribution in [-0.4, -0.2) is 50.0 Å². The molecule has 0 aliphatic rings. The maximum Gasteiger partial charge on any atom is 0.255 e. The van der Waals surface area contributed by atoms with Gasteiger partial charge in [0, 0.05) is 29.9 Å². The molecule has 0 radical (unpaired) electrons. The lowest BCUT2D eigenvalue weighted by Crippen LogP contribution is -2.34. The number of carbonyl (C=O) groups is 2. The van der Waals surface area contributed by atoms with E-state index >= 15 is 0 Å². The van der Waals surface area contributed by atoms with Gasteiger partial charge < -0.3 is 20.3 Å². The number of halogens is 1. The number of hydrogen-bond donors (Lipinski definition) is 2. The Morgan fingerprint density at radius 1 is 1.00 bits per heavy atom. The number of nitrogens with zero attached hydrogens (tertiary/aromatic N) is 1. The normalized spacial score (nSPS) is 10.6. The molecule has 0 bridgehead atoms. The molecule has 2 amide bonds. The lowest BCUT2D eigenvalue weighted by molar-refractivity contribution is 0.0948. The van der Waals surface area contributed by atoms with Crippen molar-refractivity contribution in [2.24, 2.45) is 0 Å². The summed E-state index contributed by atoms with van der Waals surface area (Å²) in [4.78, 5) is 26.9. The average Bonchev–Trinajstić information content (AvgIpc) is 2.71. The summed E-state index contributed by atoms with van der Waals surface area (Å²) in [5.41, 5.74) is 1.69. The largest absolute Gasteiger partial charge is 0.496 e. The fourth-order valence-corrected chi connectivity index (χ4v) is 3.23. The van der Waals surface area contributed by atoms with Gasteiger partial charge in [-0.3, -0.25) is 9.59 Å². The second kappa shape index (κ2) is 10.8. The quantitative estimate of drug-likeness (QED) is 0.613. The van der Waals surface area contributed by atoms with E-state index in [2.05, 4.69) is 45.3 Å². The predicted octanol–water partition coefficient (Wildman–Crippen LogP) is 3.78. The lowest BCUT2D eigenvalue weighted by atomic mass is 10.1. The topological polar surface area (TPSA) is 70.7 Å². The molecule has 2 aromatic carbocycles. The van der Waals surface area contributed by atoms with E-state index < -0.39 is 0 Å². The number of likely N-dealkylation sites (N-methyl/N-ethyl adjacent to an activating group) is 1. The average molecular weight is 448 g/mol. The van der Waals surface area contributed by atoms with Gasteiger partial charge in [-0.15, -0.1) is 0 Å². The Morgan fingerprint density at radius 2 is 1.64 bits per heavy atom. The van der Waals surface area contributed by atoms with E-state index in [0.29, 0.717) is 33.6 Å². The van der Waals surface area contributed by atoms with Crippen molar-refractivity contribution < 1.29 is 14.3 Å². The molecule has 0 aromatic heterocycles.